The molecule has 0 amide bonds. The number of hydrogen-bond donors (Lipinski definition) is 1. The molecule has 0 spiro atoms. The van der Waals surface area contributed by atoms with Crippen molar-refractivity contribution in [1.82, 2.24) is 14.5 Å². The van der Waals surface area contributed by atoms with Gasteiger partial charge in [0.05, 0.1) is 0 Å². The van der Waals surface area contributed by atoms with E-state index < -0.39 is 0 Å². The maximum absolute atomic E-state index is 4.49. The molecule has 3 aromatic rings. The topological polar surface area (TPSA) is 33.6 Å². The van der Waals surface area contributed by atoms with Crippen molar-refractivity contribution in [1.29, 1.82) is 0 Å². The summed E-state index contributed by atoms with van der Waals surface area (Å²) in [6.45, 7) is 0. The Kier molecular flexibility index (Phi) is 1.72. The van der Waals surface area contributed by atoms with Gasteiger partial charge in [-0.05, 0) is 37.1 Å². The predicted octanol–water partition coefficient (Wildman–Crippen LogP) is 3.37. The van der Waals surface area contributed by atoms with E-state index in [2.05, 4.69) is 45.0 Å². The molecule has 0 bridgehead atoms. The quantitative estimate of drug-likeness (QED) is 0.710. The first-order valence-electron chi connectivity index (χ1n) is 6.02. The Morgan fingerprint density at radius 2 is 2.18 bits per heavy atom. The van der Waals surface area contributed by atoms with Crippen LogP contribution in [0.5, 0.6) is 0 Å². The monoisotopic (exact) mass is 223 g/mol. The van der Waals surface area contributed by atoms with E-state index in [0.717, 1.165) is 5.82 Å². The van der Waals surface area contributed by atoms with Crippen LogP contribution in [0.2, 0.25) is 0 Å². The van der Waals surface area contributed by atoms with E-state index in [1.807, 2.05) is 12.4 Å². The average Bonchev–Trinajstić information content (AvgIpc) is 2.93. The molecule has 0 unspecified atom stereocenters. The number of nitrogens with zero attached hydrogens (tertiary/aromatic N) is 2. The van der Waals surface area contributed by atoms with E-state index >= 15 is 0 Å². The van der Waals surface area contributed by atoms with Crippen LogP contribution in [0.4, 0.5) is 0 Å². The van der Waals surface area contributed by atoms with Gasteiger partial charge in [0, 0.05) is 41.1 Å². The highest BCUT2D eigenvalue weighted by atomic mass is 15.1. The summed E-state index contributed by atoms with van der Waals surface area (Å²) in [5.41, 5.74) is 2.38. The lowest BCUT2D eigenvalue weighted by molar-refractivity contribution is 0.750. The van der Waals surface area contributed by atoms with Gasteiger partial charge in [0.2, 0.25) is 0 Å². The number of nitrogens with one attached hydrogen (secondary N) is 1. The van der Waals surface area contributed by atoms with E-state index in [1.165, 1.54) is 29.3 Å². The highest BCUT2D eigenvalue weighted by Crippen LogP contribution is 2.38. The minimum Gasteiger partial charge on any atom is -0.361 e. The van der Waals surface area contributed by atoms with Crippen LogP contribution >= 0.6 is 0 Å². The Balaban J connectivity index is 1.88. The average molecular weight is 223 g/mol. The molecular weight excluding hydrogens is 210 g/mol. The molecule has 2 heterocycles. The molecule has 0 atom stereocenters. The van der Waals surface area contributed by atoms with Crippen molar-refractivity contribution in [2.45, 2.75) is 18.9 Å². The SMILES string of the molecule is c1cn(C2CC2)c(-c2ccc3[nH]ccc3c2)n1. The minimum absolute atomic E-state index is 0.675. The first-order chi connectivity index (χ1) is 8.42. The third-order valence-corrected chi connectivity index (χ3v) is 3.42. The zero-order valence-corrected chi connectivity index (χ0v) is 9.43. The molecule has 1 aliphatic carbocycles. The number of aromatic nitrogens is 3. The number of aromatic amines is 1. The lowest BCUT2D eigenvalue weighted by Crippen LogP contribution is -1.95. The Labute approximate surface area is 99.1 Å². The van der Waals surface area contributed by atoms with Gasteiger partial charge in [-0.3, -0.25) is 0 Å². The second-order valence-electron chi connectivity index (χ2n) is 4.67. The highest BCUT2D eigenvalue weighted by Gasteiger charge is 2.25. The number of fused-ring (bicyclic) bond motifs is 1. The Hall–Kier alpha value is -2.03. The van der Waals surface area contributed by atoms with E-state index in [9.17, 15) is 0 Å². The minimum atomic E-state index is 0.675. The molecule has 1 N–H and O–H groups in total. The zero-order valence-electron chi connectivity index (χ0n) is 9.43. The molecular formula is C14H13N3. The molecule has 3 heteroatoms. The summed E-state index contributed by atoms with van der Waals surface area (Å²) in [5, 5.41) is 1.24. The van der Waals surface area contributed by atoms with Crippen LogP contribution in [-0.4, -0.2) is 14.5 Å². The summed E-state index contributed by atoms with van der Waals surface area (Å²) in [6.07, 6.45) is 8.54. The van der Waals surface area contributed by atoms with Crippen LogP contribution in [0.25, 0.3) is 22.3 Å². The maximum Gasteiger partial charge on any atom is 0.140 e. The Bertz CT molecular complexity index is 673. The fourth-order valence-corrected chi connectivity index (χ4v) is 2.38. The first kappa shape index (κ1) is 9.05. The molecule has 17 heavy (non-hydrogen) atoms. The van der Waals surface area contributed by atoms with Crippen LogP contribution < -0.4 is 0 Å². The van der Waals surface area contributed by atoms with E-state index in [-0.39, 0.29) is 0 Å². The molecule has 4 rings (SSSR count). The molecule has 0 aliphatic heterocycles. The number of benzene rings is 1. The van der Waals surface area contributed by atoms with Gasteiger partial charge < -0.3 is 9.55 Å². The van der Waals surface area contributed by atoms with Gasteiger partial charge in [-0.15, -0.1) is 0 Å². The summed E-state index contributed by atoms with van der Waals surface area (Å²) >= 11 is 0. The van der Waals surface area contributed by atoms with E-state index in [0.29, 0.717) is 6.04 Å². The maximum atomic E-state index is 4.49. The Morgan fingerprint density at radius 1 is 1.24 bits per heavy atom. The summed E-state index contributed by atoms with van der Waals surface area (Å²) in [7, 11) is 0. The second kappa shape index (κ2) is 3.23. The van der Waals surface area contributed by atoms with Crippen LogP contribution in [-0.2, 0) is 0 Å². The fourth-order valence-electron chi connectivity index (χ4n) is 2.38. The molecule has 1 saturated carbocycles. The van der Waals surface area contributed by atoms with Crippen LogP contribution in [0, 0.1) is 0 Å². The molecule has 0 radical (unpaired) electrons. The third-order valence-electron chi connectivity index (χ3n) is 3.42. The lowest BCUT2D eigenvalue weighted by atomic mass is 10.1. The molecule has 1 aliphatic rings. The van der Waals surface area contributed by atoms with Crippen molar-refractivity contribution < 1.29 is 0 Å². The highest BCUT2D eigenvalue weighted by molar-refractivity contribution is 5.83. The van der Waals surface area contributed by atoms with Gasteiger partial charge in [-0.25, -0.2) is 4.98 Å². The smallest absolute Gasteiger partial charge is 0.140 e. The normalized spacial score (nSPS) is 15.5. The standard InChI is InChI=1S/C14H13N3/c1-4-13-10(5-6-15-13)9-11(1)14-16-7-8-17(14)12-2-3-12/h1,4-9,12,15H,2-3H2. The van der Waals surface area contributed by atoms with Gasteiger partial charge in [0.1, 0.15) is 5.82 Å². The Morgan fingerprint density at radius 3 is 3.06 bits per heavy atom. The van der Waals surface area contributed by atoms with Crippen LogP contribution in [0.3, 0.4) is 0 Å². The van der Waals surface area contributed by atoms with Gasteiger partial charge in [-0.1, -0.05) is 0 Å². The molecule has 84 valence electrons. The van der Waals surface area contributed by atoms with Crippen molar-refractivity contribution in [3.8, 4) is 11.4 Å². The first-order valence-corrected chi connectivity index (χ1v) is 6.02. The van der Waals surface area contributed by atoms with Crippen molar-refractivity contribution >= 4 is 10.9 Å². The van der Waals surface area contributed by atoms with E-state index in [1.54, 1.807) is 0 Å². The summed E-state index contributed by atoms with van der Waals surface area (Å²) in [4.78, 5) is 7.71. The third kappa shape index (κ3) is 1.39. The largest absolute Gasteiger partial charge is 0.361 e. The summed E-state index contributed by atoms with van der Waals surface area (Å²) in [5.74, 6) is 1.09. The number of rotatable bonds is 2. The predicted molar refractivity (Wildman–Crippen MR) is 67.8 cm³/mol. The molecule has 0 saturated heterocycles. The van der Waals surface area contributed by atoms with Gasteiger partial charge >= 0.3 is 0 Å². The molecule has 1 aromatic carbocycles. The molecule has 1 fully saturated rings. The molecule has 2 aromatic heterocycles. The zero-order chi connectivity index (χ0) is 11.2. The van der Waals surface area contributed by atoms with Gasteiger partial charge in [-0.2, -0.15) is 0 Å². The van der Waals surface area contributed by atoms with Crippen molar-refractivity contribution in [3.05, 3.63) is 42.9 Å². The molecule has 3 nitrogen and oxygen atoms in total. The summed E-state index contributed by atoms with van der Waals surface area (Å²) < 4.78 is 2.30. The van der Waals surface area contributed by atoms with Crippen molar-refractivity contribution in [3.63, 3.8) is 0 Å². The number of hydrogen-bond acceptors (Lipinski definition) is 1. The van der Waals surface area contributed by atoms with Gasteiger partial charge in [0.25, 0.3) is 0 Å². The number of imidazole rings is 1. The van der Waals surface area contributed by atoms with E-state index in [4.69, 9.17) is 0 Å². The fraction of sp³-hybridized carbons (Fsp3) is 0.214. The second-order valence-corrected chi connectivity index (χ2v) is 4.67. The van der Waals surface area contributed by atoms with Crippen molar-refractivity contribution in [2.24, 2.45) is 0 Å². The number of H-pyrrole nitrogens is 1. The van der Waals surface area contributed by atoms with Crippen LogP contribution in [0.15, 0.2) is 42.9 Å². The van der Waals surface area contributed by atoms with Crippen LogP contribution in [0.1, 0.15) is 18.9 Å². The lowest BCUT2D eigenvalue weighted by Gasteiger charge is -2.06. The summed E-state index contributed by atoms with van der Waals surface area (Å²) in [6, 6.07) is 9.24. The van der Waals surface area contributed by atoms with Crippen molar-refractivity contribution in [2.75, 3.05) is 0 Å². The van der Waals surface area contributed by atoms with Gasteiger partial charge in [0.15, 0.2) is 0 Å².